The van der Waals surface area contributed by atoms with E-state index in [9.17, 15) is 4.79 Å². The number of carbonyl (C=O) groups is 1. The molecular weight excluding hydrogens is 268 g/mol. The van der Waals surface area contributed by atoms with Crippen molar-refractivity contribution >= 4 is 34.6 Å². The average Bonchev–Trinajstić information content (AvgIpc) is 2.97. The van der Waals surface area contributed by atoms with Crippen LogP contribution < -0.4 is 11.1 Å². The summed E-state index contributed by atoms with van der Waals surface area (Å²) in [6, 6.07) is 0.106. The molecule has 7 nitrogen and oxygen atoms in total. The molecule has 0 radical (unpaired) electrons. The van der Waals surface area contributed by atoms with Crippen LogP contribution in [0, 0.1) is 5.92 Å². The fourth-order valence-corrected chi connectivity index (χ4v) is 2.54. The maximum Gasteiger partial charge on any atom is 0.233 e. The summed E-state index contributed by atoms with van der Waals surface area (Å²) in [5.74, 6) is -0.0127. The van der Waals surface area contributed by atoms with Crippen molar-refractivity contribution in [3.63, 3.8) is 0 Å². The van der Waals surface area contributed by atoms with E-state index in [0.29, 0.717) is 17.6 Å². The van der Waals surface area contributed by atoms with Crippen LogP contribution in [0.4, 0.5) is 5.95 Å². The summed E-state index contributed by atoms with van der Waals surface area (Å²) in [7, 11) is 0. The molecule has 2 heterocycles. The number of fused-ring (bicyclic) bond motifs is 1. The molecule has 1 fully saturated rings. The number of nitrogens with one attached hydrogen (secondary N) is 2. The van der Waals surface area contributed by atoms with Crippen LogP contribution in [-0.4, -0.2) is 31.9 Å². The van der Waals surface area contributed by atoms with Crippen LogP contribution >= 0.6 is 11.6 Å². The minimum Gasteiger partial charge on any atom is -0.341 e. The molecule has 1 saturated carbocycles. The lowest BCUT2D eigenvalue weighted by Crippen LogP contribution is -2.24. The zero-order valence-electron chi connectivity index (χ0n) is 10.1. The third-order valence-electron chi connectivity index (χ3n) is 3.32. The van der Waals surface area contributed by atoms with Crippen molar-refractivity contribution in [1.82, 2.24) is 19.9 Å². The molecule has 0 saturated heterocycles. The van der Waals surface area contributed by atoms with Crippen LogP contribution in [0.25, 0.3) is 11.2 Å². The molecule has 0 spiro atoms. The quantitative estimate of drug-likeness (QED) is 0.713. The topological polar surface area (TPSA) is 110 Å². The van der Waals surface area contributed by atoms with Gasteiger partial charge in [0.1, 0.15) is 5.52 Å². The van der Waals surface area contributed by atoms with Crippen molar-refractivity contribution in [2.24, 2.45) is 11.7 Å². The second-order valence-corrected chi connectivity index (χ2v) is 5.06. The van der Waals surface area contributed by atoms with Gasteiger partial charge in [-0.25, -0.2) is 4.98 Å². The first kappa shape index (κ1) is 12.3. The number of H-pyrrole nitrogens is 1. The van der Waals surface area contributed by atoms with E-state index in [2.05, 4.69) is 25.3 Å². The number of hydrogen-bond acceptors (Lipinski definition) is 5. The lowest BCUT2D eigenvalue weighted by Gasteiger charge is -2.09. The number of hydrogen-bond donors (Lipinski definition) is 3. The highest BCUT2D eigenvalue weighted by atomic mass is 35.5. The minimum atomic E-state index is -0.112. The number of carbonyl (C=O) groups excluding carboxylic acids is 1. The van der Waals surface area contributed by atoms with Crippen molar-refractivity contribution in [3.8, 4) is 0 Å². The Labute approximate surface area is 114 Å². The third-order valence-corrected chi connectivity index (χ3v) is 3.59. The standard InChI is InChI=1S/C11H13ClN6O/c12-8-7-9(15-4-14-7)17-11(16-8)18-10(19)5-1-2-6(13)3-5/h4-6H,1-3,13H2,(H2,14,15,16,17,18,19). The predicted molar refractivity (Wildman–Crippen MR) is 70.6 cm³/mol. The van der Waals surface area contributed by atoms with Crippen molar-refractivity contribution in [3.05, 3.63) is 11.5 Å². The molecule has 2 atom stereocenters. The van der Waals surface area contributed by atoms with Gasteiger partial charge in [-0.3, -0.25) is 10.1 Å². The van der Waals surface area contributed by atoms with Gasteiger partial charge in [0.15, 0.2) is 10.8 Å². The van der Waals surface area contributed by atoms with E-state index in [1.807, 2.05) is 0 Å². The van der Waals surface area contributed by atoms with Crippen molar-refractivity contribution < 1.29 is 4.79 Å². The maximum atomic E-state index is 12.0. The Morgan fingerprint density at radius 3 is 3.05 bits per heavy atom. The van der Waals surface area contributed by atoms with Gasteiger partial charge >= 0.3 is 0 Å². The van der Waals surface area contributed by atoms with Gasteiger partial charge in [0.25, 0.3) is 0 Å². The lowest BCUT2D eigenvalue weighted by molar-refractivity contribution is -0.119. The van der Waals surface area contributed by atoms with Crippen LogP contribution in [0.2, 0.25) is 5.15 Å². The van der Waals surface area contributed by atoms with E-state index in [1.54, 1.807) is 0 Å². The average molecular weight is 281 g/mol. The lowest BCUT2D eigenvalue weighted by atomic mass is 10.1. The second kappa shape index (κ2) is 4.75. The first-order valence-corrected chi connectivity index (χ1v) is 6.44. The molecule has 4 N–H and O–H groups in total. The van der Waals surface area contributed by atoms with E-state index in [1.165, 1.54) is 6.33 Å². The Kier molecular flexibility index (Phi) is 3.08. The number of amides is 1. The van der Waals surface area contributed by atoms with Gasteiger partial charge in [0.05, 0.1) is 6.33 Å². The number of imidazole rings is 1. The van der Waals surface area contributed by atoms with Gasteiger partial charge in [-0.1, -0.05) is 11.6 Å². The molecule has 100 valence electrons. The summed E-state index contributed by atoms with van der Waals surface area (Å²) >= 11 is 5.98. The summed E-state index contributed by atoms with van der Waals surface area (Å²) in [6.07, 6.45) is 3.85. The number of rotatable bonds is 2. The van der Waals surface area contributed by atoms with Crippen LogP contribution in [0.5, 0.6) is 0 Å². The number of halogens is 1. The highest BCUT2D eigenvalue weighted by Gasteiger charge is 2.28. The van der Waals surface area contributed by atoms with Gasteiger partial charge in [-0.05, 0) is 19.3 Å². The summed E-state index contributed by atoms with van der Waals surface area (Å²) in [5.41, 5.74) is 6.78. The Hall–Kier alpha value is -1.73. The van der Waals surface area contributed by atoms with Gasteiger partial charge < -0.3 is 10.7 Å². The van der Waals surface area contributed by atoms with Gasteiger partial charge in [-0.15, -0.1) is 0 Å². The molecule has 1 amide bonds. The van der Waals surface area contributed by atoms with E-state index in [4.69, 9.17) is 17.3 Å². The first-order chi connectivity index (χ1) is 9.13. The maximum absolute atomic E-state index is 12.0. The van der Waals surface area contributed by atoms with Crippen LogP contribution in [0.1, 0.15) is 19.3 Å². The molecule has 0 aromatic carbocycles. The summed E-state index contributed by atoms with van der Waals surface area (Å²) < 4.78 is 0. The third kappa shape index (κ3) is 2.39. The van der Waals surface area contributed by atoms with E-state index < -0.39 is 0 Å². The number of anilines is 1. The second-order valence-electron chi connectivity index (χ2n) is 4.70. The summed E-state index contributed by atoms with van der Waals surface area (Å²) in [4.78, 5) is 27.0. The molecule has 1 aliphatic rings. The van der Waals surface area contributed by atoms with Crippen LogP contribution in [0.3, 0.4) is 0 Å². The zero-order valence-corrected chi connectivity index (χ0v) is 10.8. The highest BCUT2D eigenvalue weighted by molar-refractivity contribution is 6.33. The van der Waals surface area contributed by atoms with Gasteiger partial charge in [0.2, 0.25) is 11.9 Å². The molecule has 2 aromatic heterocycles. The Morgan fingerprint density at radius 1 is 1.47 bits per heavy atom. The summed E-state index contributed by atoms with van der Waals surface area (Å²) in [5, 5.41) is 2.91. The summed E-state index contributed by atoms with van der Waals surface area (Å²) in [6.45, 7) is 0. The molecule has 1 aliphatic carbocycles. The van der Waals surface area contributed by atoms with E-state index >= 15 is 0 Å². The fraction of sp³-hybridized carbons (Fsp3) is 0.455. The number of aromatic nitrogens is 4. The molecule has 2 aromatic rings. The molecule has 8 heteroatoms. The molecular formula is C11H13ClN6O. The SMILES string of the molecule is NC1CCC(C(=O)Nc2nc(Cl)c3[nH]cnc3n2)C1. The van der Waals surface area contributed by atoms with Gasteiger partial charge in [0, 0.05) is 12.0 Å². The minimum absolute atomic E-state index is 0.0766. The first-order valence-electron chi connectivity index (χ1n) is 6.06. The molecule has 0 bridgehead atoms. The number of aromatic amines is 1. The predicted octanol–water partition coefficient (Wildman–Crippen LogP) is 1.07. The normalized spacial score (nSPS) is 22.8. The number of nitrogens with zero attached hydrogens (tertiary/aromatic N) is 3. The van der Waals surface area contributed by atoms with Crippen LogP contribution in [-0.2, 0) is 4.79 Å². The zero-order chi connectivity index (χ0) is 13.4. The van der Waals surface area contributed by atoms with Crippen molar-refractivity contribution in [2.45, 2.75) is 25.3 Å². The molecule has 19 heavy (non-hydrogen) atoms. The van der Waals surface area contributed by atoms with Gasteiger partial charge in [-0.2, -0.15) is 9.97 Å². The molecule has 3 rings (SSSR count). The largest absolute Gasteiger partial charge is 0.341 e. The fourth-order valence-electron chi connectivity index (χ4n) is 2.32. The number of nitrogens with two attached hydrogens (primary N) is 1. The Morgan fingerprint density at radius 2 is 2.32 bits per heavy atom. The Bertz CT molecular complexity index is 627. The Balaban J connectivity index is 1.79. The highest BCUT2D eigenvalue weighted by Crippen LogP contribution is 2.25. The monoisotopic (exact) mass is 280 g/mol. The molecule has 0 aliphatic heterocycles. The van der Waals surface area contributed by atoms with E-state index in [-0.39, 0.29) is 29.0 Å². The smallest absolute Gasteiger partial charge is 0.233 e. The van der Waals surface area contributed by atoms with Crippen molar-refractivity contribution in [1.29, 1.82) is 0 Å². The van der Waals surface area contributed by atoms with Crippen LogP contribution in [0.15, 0.2) is 6.33 Å². The van der Waals surface area contributed by atoms with E-state index in [0.717, 1.165) is 12.8 Å². The molecule has 2 unspecified atom stereocenters. The van der Waals surface area contributed by atoms with Crippen molar-refractivity contribution in [2.75, 3.05) is 5.32 Å².